The molecule has 3 heterocycles. The quantitative estimate of drug-likeness (QED) is 0.244. The first-order valence-corrected chi connectivity index (χ1v) is 13.6. The summed E-state index contributed by atoms with van der Waals surface area (Å²) in [7, 11) is 0. The van der Waals surface area contributed by atoms with E-state index < -0.39 is 0 Å². The molecule has 1 saturated heterocycles. The zero-order valence-electron chi connectivity index (χ0n) is 21.2. The van der Waals surface area contributed by atoms with Crippen LogP contribution in [0.2, 0.25) is 10.0 Å². The van der Waals surface area contributed by atoms with Crippen LogP contribution in [-0.4, -0.2) is 40.5 Å². The van der Waals surface area contributed by atoms with E-state index in [0.29, 0.717) is 15.6 Å². The molecule has 3 aromatic carbocycles. The summed E-state index contributed by atoms with van der Waals surface area (Å²) in [6.07, 6.45) is 0.753. The maximum absolute atomic E-state index is 10.2. The summed E-state index contributed by atoms with van der Waals surface area (Å²) in [6, 6.07) is 27.0. The van der Waals surface area contributed by atoms with Crippen molar-refractivity contribution in [2.24, 2.45) is 0 Å². The van der Waals surface area contributed by atoms with Crippen LogP contribution >= 0.6 is 23.2 Å². The second kappa shape index (κ2) is 10.3. The maximum atomic E-state index is 10.2. The molecule has 38 heavy (non-hydrogen) atoms. The summed E-state index contributed by atoms with van der Waals surface area (Å²) in [6.45, 7) is 6.47. The van der Waals surface area contributed by atoms with Crippen molar-refractivity contribution in [3.05, 3.63) is 111 Å². The van der Waals surface area contributed by atoms with Crippen molar-refractivity contribution in [3.8, 4) is 6.07 Å². The molecule has 0 atom stereocenters. The number of fused-ring (bicyclic) bond motifs is 3. The Morgan fingerprint density at radius 1 is 0.868 bits per heavy atom. The van der Waals surface area contributed by atoms with E-state index in [0.717, 1.165) is 72.8 Å². The number of benzene rings is 3. The first-order chi connectivity index (χ1) is 18.5. The normalized spacial score (nSPS) is 14.3. The molecule has 0 amide bonds. The Labute approximate surface area is 232 Å². The number of piperazine rings is 1. The molecule has 0 bridgehead atoms. The molecule has 2 aromatic heterocycles. The van der Waals surface area contributed by atoms with Crippen LogP contribution in [-0.2, 0) is 13.0 Å². The Morgan fingerprint density at radius 3 is 2.34 bits per heavy atom. The zero-order valence-corrected chi connectivity index (χ0v) is 22.7. The van der Waals surface area contributed by atoms with E-state index in [4.69, 9.17) is 28.2 Å². The molecule has 1 aliphatic heterocycles. The molecular formula is C31H27Cl2N5. The Balaban J connectivity index is 1.42. The first-order valence-electron chi connectivity index (χ1n) is 12.8. The lowest BCUT2D eigenvalue weighted by Crippen LogP contribution is -2.47. The molecule has 0 spiro atoms. The van der Waals surface area contributed by atoms with Crippen LogP contribution in [0.5, 0.6) is 0 Å². The van der Waals surface area contributed by atoms with E-state index in [9.17, 15) is 5.26 Å². The van der Waals surface area contributed by atoms with Gasteiger partial charge in [-0.25, -0.2) is 4.98 Å². The van der Waals surface area contributed by atoms with Crippen molar-refractivity contribution < 1.29 is 0 Å². The smallest absolute Gasteiger partial charge is 0.157 e. The van der Waals surface area contributed by atoms with Crippen LogP contribution < -0.4 is 4.90 Å². The van der Waals surface area contributed by atoms with Gasteiger partial charge < -0.3 is 4.90 Å². The van der Waals surface area contributed by atoms with Crippen molar-refractivity contribution >= 4 is 45.7 Å². The Bertz CT molecular complexity index is 1680. The summed E-state index contributed by atoms with van der Waals surface area (Å²) in [5.41, 5.74) is 7.89. The van der Waals surface area contributed by atoms with Crippen molar-refractivity contribution in [2.45, 2.75) is 19.9 Å². The number of hydrogen-bond donors (Lipinski definition) is 0. The van der Waals surface area contributed by atoms with E-state index in [2.05, 4.69) is 57.5 Å². The van der Waals surface area contributed by atoms with Gasteiger partial charge >= 0.3 is 0 Å². The third-order valence-electron chi connectivity index (χ3n) is 7.49. The van der Waals surface area contributed by atoms with Gasteiger partial charge in [-0.05, 0) is 47.9 Å². The van der Waals surface area contributed by atoms with Crippen molar-refractivity contribution in [1.29, 1.82) is 5.26 Å². The summed E-state index contributed by atoms with van der Waals surface area (Å²) in [5, 5.41) is 11.4. The predicted octanol–water partition coefficient (Wildman–Crippen LogP) is 6.89. The molecule has 5 nitrogen and oxygen atoms in total. The van der Waals surface area contributed by atoms with Crippen LogP contribution in [0.4, 0.5) is 5.82 Å². The average Bonchev–Trinajstić information content (AvgIpc) is 3.31. The van der Waals surface area contributed by atoms with Gasteiger partial charge in [-0.3, -0.25) is 9.30 Å². The maximum Gasteiger partial charge on any atom is 0.157 e. The fourth-order valence-corrected chi connectivity index (χ4v) is 5.84. The summed E-state index contributed by atoms with van der Waals surface area (Å²) in [4.78, 5) is 9.84. The average molecular weight is 540 g/mol. The Kier molecular flexibility index (Phi) is 6.71. The number of para-hydroxylation sites is 2. The van der Waals surface area contributed by atoms with Gasteiger partial charge in [0.15, 0.2) is 5.65 Å². The Morgan fingerprint density at radius 2 is 1.61 bits per heavy atom. The SMILES string of the molecule is Cc1c(Cc2ccccc2)c(N2CCN(Cc3ccc(Cl)c(Cl)c3)CC2)n2c(nc3ccccc32)c1C#N. The number of pyridine rings is 1. The lowest BCUT2D eigenvalue weighted by atomic mass is 9.97. The number of rotatable bonds is 5. The van der Waals surface area contributed by atoms with Gasteiger partial charge in [-0.15, -0.1) is 0 Å². The highest BCUT2D eigenvalue weighted by Crippen LogP contribution is 2.35. The van der Waals surface area contributed by atoms with Crippen LogP contribution in [0.25, 0.3) is 16.7 Å². The number of imidazole rings is 1. The number of halogens is 2. The minimum absolute atomic E-state index is 0.582. The summed E-state index contributed by atoms with van der Waals surface area (Å²) < 4.78 is 2.22. The van der Waals surface area contributed by atoms with Crippen LogP contribution in [0, 0.1) is 18.3 Å². The number of anilines is 1. The van der Waals surface area contributed by atoms with Gasteiger partial charge in [-0.2, -0.15) is 5.26 Å². The number of aromatic nitrogens is 2. The Hall–Kier alpha value is -3.56. The molecule has 0 aliphatic carbocycles. The summed E-state index contributed by atoms with van der Waals surface area (Å²) >= 11 is 12.4. The second-order valence-corrected chi connectivity index (χ2v) is 10.7. The fraction of sp³-hybridized carbons (Fsp3) is 0.226. The number of nitrogens with zero attached hydrogens (tertiary/aromatic N) is 5. The first kappa shape index (κ1) is 24.8. The van der Waals surface area contributed by atoms with Crippen molar-refractivity contribution in [1.82, 2.24) is 14.3 Å². The minimum atomic E-state index is 0.582. The van der Waals surface area contributed by atoms with Crippen LogP contribution in [0.15, 0.2) is 72.8 Å². The molecule has 190 valence electrons. The van der Waals surface area contributed by atoms with Crippen LogP contribution in [0.1, 0.15) is 27.8 Å². The minimum Gasteiger partial charge on any atom is -0.355 e. The van der Waals surface area contributed by atoms with E-state index in [-0.39, 0.29) is 0 Å². The monoisotopic (exact) mass is 539 g/mol. The largest absolute Gasteiger partial charge is 0.355 e. The number of nitriles is 1. The third-order valence-corrected chi connectivity index (χ3v) is 8.23. The zero-order chi connectivity index (χ0) is 26.2. The molecule has 6 rings (SSSR count). The number of hydrogen-bond acceptors (Lipinski definition) is 4. The highest BCUT2D eigenvalue weighted by atomic mass is 35.5. The molecule has 0 saturated carbocycles. The van der Waals surface area contributed by atoms with E-state index in [1.165, 1.54) is 11.1 Å². The highest BCUT2D eigenvalue weighted by Gasteiger charge is 2.27. The molecule has 1 fully saturated rings. The summed E-state index contributed by atoms with van der Waals surface area (Å²) in [5.74, 6) is 1.14. The third kappa shape index (κ3) is 4.50. The molecule has 5 aromatic rings. The van der Waals surface area contributed by atoms with Gasteiger partial charge in [-0.1, -0.05) is 71.7 Å². The van der Waals surface area contributed by atoms with Crippen LogP contribution in [0.3, 0.4) is 0 Å². The molecule has 0 radical (unpaired) electrons. The molecular weight excluding hydrogens is 513 g/mol. The second-order valence-electron chi connectivity index (χ2n) is 9.85. The standard InChI is InChI=1S/C31H27Cl2N5/c1-21-24(17-22-7-3-2-4-8-22)31(38-29-10-6-5-9-28(29)35-30(38)25(21)19-34)37-15-13-36(14-16-37)20-23-11-12-26(32)27(33)18-23/h2-12,18H,13-17,20H2,1H3. The van der Waals surface area contributed by atoms with Gasteiger partial charge in [0, 0.05) is 44.7 Å². The van der Waals surface area contributed by atoms with E-state index in [1.807, 2.05) is 42.5 Å². The fourth-order valence-electron chi connectivity index (χ4n) is 5.52. The molecule has 0 N–H and O–H groups in total. The van der Waals surface area contributed by atoms with Gasteiger partial charge in [0.1, 0.15) is 11.9 Å². The predicted molar refractivity (Wildman–Crippen MR) is 155 cm³/mol. The lowest BCUT2D eigenvalue weighted by molar-refractivity contribution is 0.249. The van der Waals surface area contributed by atoms with Gasteiger partial charge in [0.05, 0.1) is 26.6 Å². The topological polar surface area (TPSA) is 47.6 Å². The van der Waals surface area contributed by atoms with Crippen molar-refractivity contribution in [2.75, 3.05) is 31.1 Å². The highest BCUT2D eigenvalue weighted by molar-refractivity contribution is 6.42. The lowest BCUT2D eigenvalue weighted by Gasteiger charge is -2.38. The van der Waals surface area contributed by atoms with Gasteiger partial charge in [0.25, 0.3) is 0 Å². The van der Waals surface area contributed by atoms with E-state index >= 15 is 0 Å². The van der Waals surface area contributed by atoms with Crippen molar-refractivity contribution in [3.63, 3.8) is 0 Å². The van der Waals surface area contributed by atoms with Gasteiger partial charge in [0.2, 0.25) is 0 Å². The van der Waals surface area contributed by atoms with E-state index in [1.54, 1.807) is 0 Å². The molecule has 0 unspecified atom stereocenters. The molecule has 7 heteroatoms. The molecule has 1 aliphatic rings.